The number of thioether (sulfide) groups is 1. The molecule has 1 unspecified atom stereocenters. The first-order valence-electron chi connectivity index (χ1n) is 6.35. The Hall–Kier alpha value is -1.76. The lowest BCUT2D eigenvalue weighted by Gasteiger charge is -2.23. The number of hydrogen-bond acceptors (Lipinski definition) is 5. The standard InChI is InChI=1S/C13H17N3O3S/c1-14-11-4-3-9(7-12(11)16(18)19)13(17)15(2)10-5-6-20-8-10/h3-4,7,10,14H,5-6,8H2,1-2H3. The maximum Gasteiger partial charge on any atom is 0.293 e. The van der Waals surface area contributed by atoms with E-state index in [1.165, 1.54) is 6.07 Å². The van der Waals surface area contributed by atoms with Crippen molar-refractivity contribution < 1.29 is 9.72 Å². The van der Waals surface area contributed by atoms with Crippen molar-refractivity contribution in [1.29, 1.82) is 0 Å². The van der Waals surface area contributed by atoms with Gasteiger partial charge in [-0.25, -0.2) is 0 Å². The zero-order valence-electron chi connectivity index (χ0n) is 11.5. The molecule has 0 saturated carbocycles. The zero-order chi connectivity index (χ0) is 14.7. The molecule has 0 bridgehead atoms. The Morgan fingerprint density at radius 3 is 2.85 bits per heavy atom. The molecule has 0 aromatic heterocycles. The van der Waals surface area contributed by atoms with E-state index in [4.69, 9.17) is 0 Å². The van der Waals surface area contributed by atoms with Gasteiger partial charge in [-0.05, 0) is 24.3 Å². The van der Waals surface area contributed by atoms with Gasteiger partial charge in [-0.15, -0.1) is 0 Å². The number of nitro benzene ring substituents is 1. The summed E-state index contributed by atoms with van der Waals surface area (Å²) in [5, 5.41) is 13.8. The third-order valence-corrected chi connectivity index (χ3v) is 4.63. The van der Waals surface area contributed by atoms with Crippen LogP contribution in [0.4, 0.5) is 11.4 Å². The molecule has 6 nitrogen and oxygen atoms in total. The van der Waals surface area contributed by atoms with E-state index in [1.54, 1.807) is 31.1 Å². The Morgan fingerprint density at radius 1 is 1.55 bits per heavy atom. The summed E-state index contributed by atoms with van der Waals surface area (Å²) in [4.78, 5) is 24.6. The molecular formula is C13H17N3O3S. The highest BCUT2D eigenvalue weighted by Crippen LogP contribution is 2.27. The van der Waals surface area contributed by atoms with Crippen LogP contribution >= 0.6 is 11.8 Å². The number of nitro groups is 1. The minimum Gasteiger partial charge on any atom is -0.383 e. The normalized spacial score (nSPS) is 17.8. The van der Waals surface area contributed by atoms with Crippen molar-refractivity contribution in [3.05, 3.63) is 33.9 Å². The SMILES string of the molecule is CNc1ccc(C(=O)N(C)C2CCSC2)cc1[N+](=O)[O-]. The van der Waals surface area contributed by atoms with Gasteiger partial charge >= 0.3 is 0 Å². The molecule has 1 N–H and O–H groups in total. The van der Waals surface area contributed by atoms with E-state index in [1.807, 2.05) is 11.8 Å². The first kappa shape index (κ1) is 14.6. The fraction of sp³-hybridized carbons (Fsp3) is 0.462. The largest absolute Gasteiger partial charge is 0.383 e. The van der Waals surface area contributed by atoms with E-state index in [2.05, 4.69) is 5.32 Å². The lowest BCUT2D eigenvalue weighted by molar-refractivity contribution is -0.384. The second-order valence-electron chi connectivity index (χ2n) is 4.67. The summed E-state index contributed by atoms with van der Waals surface area (Å²) in [6, 6.07) is 4.75. The molecule has 20 heavy (non-hydrogen) atoms. The van der Waals surface area contributed by atoms with Crippen LogP contribution in [-0.4, -0.2) is 47.4 Å². The second-order valence-corrected chi connectivity index (χ2v) is 5.82. The predicted molar refractivity (Wildman–Crippen MR) is 80.5 cm³/mol. The number of carbonyl (C=O) groups is 1. The summed E-state index contributed by atoms with van der Waals surface area (Å²) in [5.41, 5.74) is 0.688. The molecule has 1 aromatic carbocycles. The minimum absolute atomic E-state index is 0.0763. The van der Waals surface area contributed by atoms with Gasteiger partial charge in [0.15, 0.2) is 0 Å². The highest BCUT2D eigenvalue weighted by molar-refractivity contribution is 7.99. The average Bonchev–Trinajstić information content (AvgIpc) is 2.99. The molecule has 1 amide bonds. The van der Waals surface area contributed by atoms with Crippen LogP contribution < -0.4 is 5.32 Å². The maximum atomic E-state index is 12.4. The number of nitrogens with one attached hydrogen (secondary N) is 1. The summed E-state index contributed by atoms with van der Waals surface area (Å²) in [6.07, 6.45) is 0.976. The minimum atomic E-state index is -0.478. The number of hydrogen-bond donors (Lipinski definition) is 1. The van der Waals surface area contributed by atoms with Gasteiger partial charge < -0.3 is 10.2 Å². The van der Waals surface area contributed by atoms with E-state index < -0.39 is 4.92 Å². The maximum absolute atomic E-state index is 12.4. The number of amides is 1. The van der Waals surface area contributed by atoms with Crippen molar-refractivity contribution in [3.63, 3.8) is 0 Å². The van der Waals surface area contributed by atoms with Crippen molar-refractivity contribution in [2.24, 2.45) is 0 Å². The van der Waals surface area contributed by atoms with Gasteiger partial charge in [-0.3, -0.25) is 14.9 Å². The topological polar surface area (TPSA) is 75.5 Å². The van der Waals surface area contributed by atoms with Crippen LogP contribution in [-0.2, 0) is 0 Å². The van der Waals surface area contributed by atoms with Crippen molar-refractivity contribution in [3.8, 4) is 0 Å². The molecule has 108 valence electrons. The predicted octanol–water partition coefficient (Wildman–Crippen LogP) is 2.21. The first-order chi connectivity index (χ1) is 9.54. The average molecular weight is 295 g/mol. The Kier molecular flexibility index (Phi) is 4.49. The van der Waals surface area contributed by atoms with Crippen molar-refractivity contribution in [2.45, 2.75) is 12.5 Å². The lowest BCUT2D eigenvalue weighted by Crippen LogP contribution is -2.36. The van der Waals surface area contributed by atoms with Crippen LogP contribution in [0.15, 0.2) is 18.2 Å². The molecule has 0 spiro atoms. The summed E-state index contributed by atoms with van der Waals surface area (Å²) >= 11 is 1.83. The number of carbonyl (C=O) groups excluding carboxylic acids is 1. The van der Waals surface area contributed by atoms with Gasteiger partial charge in [0, 0.05) is 37.5 Å². The number of nitrogens with zero attached hydrogens (tertiary/aromatic N) is 2. The van der Waals surface area contributed by atoms with E-state index in [-0.39, 0.29) is 17.6 Å². The van der Waals surface area contributed by atoms with Crippen LogP contribution in [0.25, 0.3) is 0 Å². The third-order valence-electron chi connectivity index (χ3n) is 3.48. The summed E-state index contributed by atoms with van der Waals surface area (Å²) in [6.45, 7) is 0. The van der Waals surface area contributed by atoms with E-state index in [0.717, 1.165) is 17.9 Å². The first-order valence-corrected chi connectivity index (χ1v) is 7.51. The molecule has 7 heteroatoms. The molecule has 0 radical (unpaired) electrons. The monoisotopic (exact) mass is 295 g/mol. The van der Waals surface area contributed by atoms with Gasteiger partial charge in [-0.2, -0.15) is 11.8 Å². The molecule has 1 atom stereocenters. The Bertz CT molecular complexity index is 530. The van der Waals surface area contributed by atoms with Crippen LogP contribution in [0, 0.1) is 10.1 Å². The van der Waals surface area contributed by atoms with Gasteiger partial charge in [0.1, 0.15) is 5.69 Å². The fourth-order valence-electron chi connectivity index (χ4n) is 2.22. The quantitative estimate of drug-likeness (QED) is 0.681. The molecule has 1 aliphatic rings. The van der Waals surface area contributed by atoms with Crippen molar-refractivity contribution in [2.75, 3.05) is 30.9 Å². The molecule has 1 aromatic rings. The zero-order valence-corrected chi connectivity index (χ0v) is 12.3. The Labute approximate surface area is 121 Å². The van der Waals surface area contributed by atoms with Gasteiger partial charge in [0.05, 0.1) is 4.92 Å². The summed E-state index contributed by atoms with van der Waals surface area (Å²) < 4.78 is 0. The van der Waals surface area contributed by atoms with Gasteiger partial charge in [-0.1, -0.05) is 0 Å². The number of benzene rings is 1. The van der Waals surface area contributed by atoms with Gasteiger partial charge in [0.2, 0.25) is 0 Å². The van der Waals surface area contributed by atoms with Crippen molar-refractivity contribution in [1.82, 2.24) is 4.90 Å². The van der Waals surface area contributed by atoms with E-state index in [0.29, 0.717) is 11.3 Å². The highest BCUT2D eigenvalue weighted by Gasteiger charge is 2.26. The molecule has 1 saturated heterocycles. The van der Waals surface area contributed by atoms with Crippen LogP contribution in [0.1, 0.15) is 16.8 Å². The number of rotatable bonds is 4. The van der Waals surface area contributed by atoms with Crippen LogP contribution in [0.5, 0.6) is 0 Å². The lowest BCUT2D eigenvalue weighted by atomic mass is 10.1. The fourth-order valence-corrected chi connectivity index (χ4v) is 3.49. The Morgan fingerprint density at radius 2 is 2.30 bits per heavy atom. The molecule has 2 rings (SSSR count). The molecule has 1 aliphatic heterocycles. The van der Waals surface area contributed by atoms with E-state index >= 15 is 0 Å². The number of anilines is 1. The van der Waals surface area contributed by atoms with Crippen LogP contribution in [0.2, 0.25) is 0 Å². The molecular weight excluding hydrogens is 278 g/mol. The molecule has 1 fully saturated rings. The van der Waals surface area contributed by atoms with E-state index in [9.17, 15) is 14.9 Å². The Balaban J connectivity index is 2.25. The second kappa shape index (κ2) is 6.13. The summed E-state index contributed by atoms with van der Waals surface area (Å²) in [7, 11) is 3.38. The summed E-state index contributed by atoms with van der Waals surface area (Å²) in [5.74, 6) is 1.82. The molecule has 0 aliphatic carbocycles. The molecule has 1 heterocycles. The van der Waals surface area contributed by atoms with Crippen molar-refractivity contribution >= 4 is 29.0 Å². The third kappa shape index (κ3) is 2.87. The highest BCUT2D eigenvalue weighted by atomic mass is 32.2. The van der Waals surface area contributed by atoms with Gasteiger partial charge in [0.25, 0.3) is 11.6 Å². The van der Waals surface area contributed by atoms with Crippen LogP contribution in [0.3, 0.4) is 0 Å². The smallest absolute Gasteiger partial charge is 0.293 e.